The lowest BCUT2D eigenvalue weighted by Crippen LogP contribution is -2.03. The fourth-order valence-corrected chi connectivity index (χ4v) is 1.36. The average Bonchev–Trinajstić information content (AvgIpc) is 2.09. The molecule has 1 rings (SSSR count). The van der Waals surface area contributed by atoms with Crippen molar-refractivity contribution in [1.29, 1.82) is 0 Å². The normalized spacial score (nSPS) is 9.15. The van der Waals surface area contributed by atoms with Crippen LogP contribution in [0.4, 0.5) is 0 Å². The van der Waals surface area contributed by atoms with Gasteiger partial charge in [0.2, 0.25) is 0 Å². The number of benzene rings is 1. The largest absolute Gasteiger partial charge is 0.495 e. The van der Waals surface area contributed by atoms with E-state index in [1.807, 2.05) is 18.2 Å². The fraction of sp³-hybridized carbons (Fsp3) is 0.333. The number of nitrogens with two attached hydrogens (primary N) is 1. The van der Waals surface area contributed by atoms with Gasteiger partial charge in [-0.15, -0.1) is 12.4 Å². The molecule has 0 aliphatic rings. The van der Waals surface area contributed by atoms with E-state index < -0.39 is 0 Å². The van der Waals surface area contributed by atoms with E-state index >= 15 is 0 Å². The predicted molar refractivity (Wildman–Crippen MR) is 58.0 cm³/mol. The topological polar surface area (TPSA) is 35.2 Å². The summed E-state index contributed by atoms with van der Waals surface area (Å²) in [6.45, 7) is 0.604. The Morgan fingerprint density at radius 2 is 2.15 bits per heavy atom. The second kappa shape index (κ2) is 6.08. The minimum absolute atomic E-state index is 0. The molecule has 0 radical (unpaired) electrons. The van der Waals surface area contributed by atoms with Gasteiger partial charge in [0.15, 0.2) is 0 Å². The van der Waals surface area contributed by atoms with Crippen LogP contribution in [0.15, 0.2) is 18.2 Å². The third kappa shape index (κ3) is 3.07. The van der Waals surface area contributed by atoms with Gasteiger partial charge in [0.1, 0.15) is 5.75 Å². The highest BCUT2D eigenvalue weighted by molar-refractivity contribution is 6.32. The molecule has 0 bridgehead atoms. The Hall–Kier alpha value is -0.440. The number of halogens is 2. The summed E-state index contributed by atoms with van der Waals surface area (Å²) in [4.78, 5) is 0. The quantitative estimate of drug-likeness (QED) is 0.851. The molecule has 0 fully saturated rings. The van der Waals surface area contributed by atoms with Gasteiger partial charge in [-0.3, -0.25) is 0 Å². The number of ether oxygens (including phenoxy) is 1. The van der Waals surface area contributed by atoms with E-state index in [1.54, 1.807) is 7.11 Å². The van der Waals surface area contributed by atoms with Crippen molar-refractivity contribution in [1.82, 2.24) is 0 Å². The summed E-state index contributed by atoms with van der Waals surface area (Å²) in [5, 5.41) is 0.672. The van der Waals surface area contributed by atoms with Gasteiger partial charge in [-0.25, -0.2) is 0 Å². The minimum Gasteiger partial charge on any atom is -0.495 e. The Bertz CT molecular complexity index is 266. The number of rotatable bonds is 3. The zero-order valence-electron chi connectivity index (χ0n) is 7.42. The molecule has 0 aromatic heterocycles. The molecule has 0 spiro atoms. The third-order valence-corrected chi connectivity index (χ3v) is 2.11. The summed E-state index contributed by atoms with van der Waals surface area (Å²) in [6, 6.07) is 5.70. The summed E-state index contributed by atoms with van der Waals surface area (Å²) in [5.41, 5.74) is 6.46. The molecular formula is C9H13Cl2NO. The minimum atomic E-state index is 0. The first-order chi connectivity index (χ1) is 5.79. The van der Waals surface area contributed by atoms with Crippen molar-refractivity contribution in [3.63, 3.8) is 0 Å². The first kappa shape index (κ1) is 12.6. The van der Waals surface area contributed by atoms with E-state index in [-0.39, 0.29) is 12.4 Å². The SMILES string of the molecule is COc1cccc(CCN)c1Cl.Cl. The molecule has 0 amide bonds. The first-order valence-electron chi connectivity index (χ1n) is 3.81. The van der Waals surface area contributed by atoms with Crippen LogP contribution in [0.25, 0.3) is 0 Å². The van der Waals surface area contributed by atoms with Crippen LogP contribution in [0.2, 0.25) is 5.02 Å². The Kier molecular flexibility index (Phi) is 5.88. The standard InChI is InChI=1S/C9H12ClNO.ClH/c1-12-8-4-2-3-7(5-6-11)9(8)10;/h2-4H,5-6,11H2,1H3;1H. The molecule has 0 aliphatic carbocycles. The molecule has 0 saturated heterocycles. The molecule has 1 aromatic carbocycles. The summed E-state index contributed by atoms with van der Waals surface area (Å²) >= 11 is 6.01. The van der Waals surface area contributed by atoms with Crippen molar-refractivity contribution >= 4 is 24.0 Å². The maximum atomic E-state index is 6.01. The van der Waals surface area contributed by atoms with E-state index in [0.29, 0.717) is 17.3 Å². The van der Waals surface area contributed by atoms with Gasteiger partial charge < -0.3 is 10.5 Å². The van der Waals surface area contributed by atoms with Gasteiger partial charge in [-0.05, 0) is 24.6 Å². The fourth-order valence-electron chi connectivity index (χ4n) is 1.06. The number of hydrogen-bond acceptors (Lipinski definition) is 2. The number of methoxy groups -OCH3 is 1. The Balaban J connectivity index is 0.00000144. The molecule has 1 aromatic rings. The van der Waals surface area contributed by atoms with Crippen molar-refractivity contribution in [2.24, 2.45) is 5.73 Å². The highest BCUT2D eigenvalue weighted by Crippen LogP contribution is 2.27. The summed E-state index contributed by atoms with van der Waals surface area (Å²) in [7, 11) is 1.60. The van der Waals surface area contributed by atoms with Crippen LogP contribution in [0.5, 0.6) is 5.75 Å². The van der Waals surface area contributed by atoms with Crippen molar-refractivity contribution in [3.05, 3.63) is 28.8 Å². The molecule has 2 nitrogen and oxygen atoms in total. The number of hydrogen-bond donors (Lipinski definition) is 1. The van der Waals surface area contributed by atoms with E-state index in [4.69, 9.17) is 22.1 Å². The van der Waals surface area contributed by atoms with Crippen LogP contribution in [-0.4, -0.2) is 13.7 Å². The van der Waals surface area contributed by atoms with Gasteiger partial charge in [-0.1, -0.05) is 23.7 Å². The van der Waals surface area contributed by atoms with Crippen LogP contribution >= 0.6 is 24.0 Å². The monoisotopic (exact) mass is 221 g/mol. The van der Waals surface area contributed by atoms with E-state index in [0.717, 1.165) is 12.0 Å². The first-order valence-corrected chi connectivity index (χ1v) is 4.19. The molecule has 2 N–H and O–H groups in total. The molecule has 0 heterocycles. The van der Waals surface area contributed by atoms with Crippen molar-refractivity contribution in [3.8, 4) is 5.75 Å². The van der Waals surface area contributed by atoms with Crippen molar-refractivity contribution in [2.75, 3.05) is 13.7 Å². The summed E-state index contributed by atoms with van der Waals surface area (Å²) < 4.78 is 5.06. The predicted octanol–water partition coefficient (Wildman–Crippen LogP) is 2.27. The molecule has 0 aliphatic heterocycles. The third-order valence-electron chi connectivity index (χ3n) is 1.68. The molecular weight excluding hydrogens is 209 g/mol. The smallest absolute Gasteiger partial charge is 0.137 e. The molecule has 0 saturated carbocycles. The lowest BCUT2D eigenvalue weighted by atomic mass is 10.1. The van der Waals surface area contributed by atoms with Crippen LogP contribution in [-0.2, 0) is 6.42 Å². The Morgan fingerprint density at radius 1 is 1.46 bits per heavy atom. The highest BCUT2D eigenvalue weighted by Gasteiger charge is 2.04. The second-order valence-electron chi connectivity index (χ2n) is 2.47. The van der Waals surface area contributed by atoms with Gasteiger partial charge in [0.25, 0.3) is 0 Å². The zero-order chi connectivity index (χ0) is 8.97. The molecule has 0 atom stereocenters. The van der Waals surface area contributed by atoms with E-state index in [9.17, 15) is 0 Å². The highest BCUT2D eigenvalue weighted by atomic mass is 35.5. The van der Waals surface area contributed by atoms with Gasteiger partial charge in [-0.2, -0.15) is 0 Å². The van der Waals surface area contributed by atoms with Crippen LogP contribution < -0.4 is 10.5 Å². The van der Waals surface area contributed by atoms with Crippen LogP contribution in [0, 0.1) is 0 Å². The van der Waals surface area contributed by atoms with Gasteiger partial charge in [0, 0.05) is 0 Å². The van der Waals surface area contributed by atoms with Crippen molar-refractivity contribution in [2.45, 2.75) is 6.42 Å². The lowest BCUT2D eigenvalue weighted by Gasteiger charge is -2.06. The van der Waals surface area contributed by atoms with Gasteiger partial charge >= 0.3 is 0 Å². The van der Waals surface area contributed by atoms with Crippen molar-refractivity contribution < 1.29 is 4.74 Å². The second-order valence-corrected chi connectivity index (χ2v) is 2.85. The lowest BCUT2D eigenvalue weighted by molar-refractivity contribution is 0.414. The molecule has 74 valence electrons. The Morgan fingerprint density at radius 3 is 2.69 bits per heavy atom. The summed E-state index contributed by atoms with van der Waals surface area (Å²) in [5.74, 6) is 0.711. The van der Waals surface area contributed by atoms with Gasteiger partial charge in [0.05, 0.1) is 12.1 Å². The van der Waals surface area contributed by atoms with E-state index in [1.165, 1.54) is 0 Å². The average molecular weight is 222 g/mol. The summed E-state index contributed by atoms with van der Waals surface area (Å²) in [6.07, 6.45) is 0.788. The van der Waals surface area contributed by atoms with E-state index in [2.05, 4.69) is 0 Å². The zero-order valence-corrected chi connectivity index (χ0v) is 8.99. The maximum Gasteiger partial charge on any atom is 0.137 e. The molecule has 4 heteroatoms. The molecule has 0 unspecified atom stereocenters. The van der Waals surface area contributed by atoms with Crippen LogP contribution in [0.1, 0.15) is 5.56 Å². The van der Waals surface area contributed by atoms with Crippen LogP contribution in [0.3, 0.4) is 0 Å². The molecule has 13 heavy (non-hydrogen) atoms. The Labute approximate surface area is 89.4 Å². The maximum absolute atomic E-state index is 6.01.